The lowest BCUT2D eigenvalue weighted by molar-refractivity contribution is -0.121. The van der Waals surface area contributed by atoms with Crippen LogP contribution in [0.3, 0.4) is 0 Å². The van der Waals surface area contributed by atoms with Crippen LogP contribution in [0.2, 0.25) is 0 Å². The van der Waals surface area contributed by atoms with Crippen LogP contribution in [0.25, 0.3) is 0 Å². The summed E-state index contributed by atoms with van der Waals surface area (Å²) < 4.78 is 0. The molecule has 1 amide bonds. The molecule has 2 aliphatic heterocycles. The highest BCUT2D eigenvalue weighted by Crippen LogP contribution is 2.39. The normalized spacial score (nSPS) is 21.4. The van der Waals surface area contributed by atoms with Gasteiger partial charge in [0, 0.05) is 43.6 Å². The van der Waals surface area contributed by atoms with Crippen molar-refractivity contribution in [1.29, 1.82) is 0 Å². The summed E-state index contributed by atoms with van der Waals surface area (Å²) in [4.78, 5) is 14.4. The van der Waals surface area contributed by atoms with Crippen molar-refractivity contribution in [2.45, 2.75) is 69.4 Å². The summed E-state index contributed by atoms with van der Waals surface area (Å²) in [5.41, 5.74) is 2.45. The Morgan fingerprint density at radius 2 is 1.85 bits per heavy atom. The highest BCUT2D eigenvalue weighted by Gasteiger charge is 2.17. The summed E-state index contributed by atoms with van der Waals surface area (Å²) >= 11 is 0. The average molecular weight is 409 g/mol. The number of carbonyl (C=O) groups excluding carboxylic acids is 1. The first-order chi connectivity index (χ1) is 13.2. The number of aliphatic hydroxyl groups is 1. The zero-order valence-electron chi connectivity index (χ0n) is 16.1. The van der Waals surface area contributed by atoms with E-state index < -0.39 is 0 Å². The van der Waals surface area contributed by atoms with Crippen molar-refractivity contribution in [3.8, 4) is 0 Å². The van der Waals surface area contributed by atoms with E-state index in [4.69, 9.17) is 0 Å². The largest absolute Gasteiger partial charge is 0.393 e. The number of hydrogen-bond donors (Lipinski definition) is 2. The van der Waals surface area contributed by atoms with Crippen LogP contribution in [-0.4, -0.2) is 46.1 Å². The van der Waals surface area contributed by atoms with Gasteiger partial charge in [0.2, 0.25) is 5.91 Å². The van der Waals surface area contributed by atoms with Crippen LogP contribution in [0.15, 0.2) is 24.3 Å². The number of hydrogen-bond acceptors (Lipinski definition) is 5. The molecule has 2 aliphatic rings. The standard InChI is InChI=1S/C21H32N2O2S2/c24-19-9-12-23(13-10-19)16-18-7-5-17(6-8-18)15-22-21(25)4-2-1-3-20-11-14-26-27-20/h5-8,19-20,24H,1-4,9-16H2,(H,22,25). The third-order valence-electron chi connectivity index (χ3n) is 5.38. The van der Waals surface area contributed by atoms with E-state index in [2.05, 4.69) is 34.5 Å². The smallest absolute Gasteiger partial charge is 0.220 e. The van der Waals surface area contributed by atoms with Crippen molar-refractivity contribution in [2.24, 2.45) is 0 Å². The fourth-order valence-electron chi connectivity index (χ4n) is 3.61. The Morgan fingerprint density at radius 1 is 1.11 bits per heavy atom. The second-order valence-electron chi connectivity index (χ2n) is 7.68. The van der Waals surface area contributed by atoms with Gasteiger partial charge in [-0.2, -0.15) is 0 Å². The summed E-state index contributed by atoms with van der Waals surface area (Å²) in [5.74, 6) is 1.45. The van der Waals surface area contributed by atoms with Crippen LogP contribution < -0.4 is 5.32 Å². The number of nitrogens with zero attached hydrogens (tertiary/aromatic N) is 1. The molecule has 0 bridgehead atoms. The second kappa shape index (κ2) is 11.3. The molecule has 2 heterocycles. The van der Waals surface area contributed by atoms with Crippen LogP contribution >= 0.6 is 21.6 Å². The van der Waals surface area contributed by atoms with Crippen LogP contribution in [0.1, 0.15) is 56.1 Å². The Kier molecular flexibility index (Phi) is 8.84. The highest BCUT2D eigenvalue weighted by atomic mass is 33.1. The Hall–Kier alpha value is -0.690. The van der Waals surface area contributed by atoms with Gasteiger partial charge in [0.15, 0.2) is 0 Å². The van der Waals surface area contributed by atoms with Gasteiger partial charge < -0.3 is 10.4 Å². The minimum Gasteiger partial charge on any atom is -0.393 e. The monoisotopic (exact) mass is 408 g/mol. The van der Waals surface area contributed by atoms with E-state index in [-0.39, 0.29) is 12.0 Å². The van der Waals surface area contributed by atoms with Crippen molar-refractivity contribution in [1.82, 2.24) is 10.2 Å². The predicted octanol–water partition coefficient (Wildman–Crippen LogP) is 3.97. The minimum atomic E-state index is -0.118. The van der Waals surface area contributed by atoms with E-state index in [1.54, 1.807) is 0 Å². The highest BCUT2D eigenvalue weighted by molar-refractivity contribution is 8.77. The first kappa shape index (κ1) is 21.0. The number of likely N-dealkylation sites (tertiary alicyclic amines) is 1. The maximum absolute atomic E-state index is 12.0. The number of unbranched alkanes of at least 4 members (excludes halogenated alkanes) is 1. The molecule has 0 aliphatic carbocycles. The molecule has 0 saturated carbocycles. The molecule has 0 spiro atoms. The van der Waals surface area contributed by atoms with Crippen LogP contribution in [0.5, 0.6) is 0 Å². The summed E-state index contributed by atoms with van der Waals surface area (Å²) in [7, 11) is 4.01. The SMILES string of the molecule is O=C(CCCCC1CCSS1)NCc1ccc(CN2CCC(O)CC2)cc1. The summed E-state index contributed by atoms with van der Waals surface area (Å²) in [6, 6.07) is 8.54. The average Bonchev–Trinajstić information content (AvgIpc) is 3.20. The molecule has 6 heteroatoms. The van der Waals surface area contributed by atoms with Gasteiger partial charge in [-0.25, -0.2) is 0 Å². The van der Waals surface area contributed by atoms with Crippen molar-refractivity contribution in [3.05, 3.63) is 35.4 Å². The fraction of sp³-hybridized carbons (Fsp3) is 0.667. The fourth-order valence-corrected chi connectivity index (χ4v) is 6.64. The topological polar surface area (TPSA) is 52.6 Å². The van der Waals surface area contributed by atoms with Gasteiger partial charge in [0.1, 0.15) is 0 Å². The Balaban J connectivity index is 1.29. The maximum Gasteiger partial charge on any atom is 0.220 e. The van der Waals surface area contributed by atoms with Gasteiger partial charge >= 0.3 is 0 Å². The molecule has 2 fully saturated rings. The number of rotatable bonds is 9. The van der Waals surface area contributed by atoms with Crippen molar-refractivity contribution in [3.63, 3.8) is 0 Å². The molecule has 2 saturated heterocycles. The molecule has 1 aromatic carbocycles. The summed E-state index contributed by atoms with van der Waals surface area (Å²) in [6.45, 7) is 3.50. The Labute approximate surface area is 171 Å². The quantitative estimate of drug-likeness (QED) is 0.478. The number of aliphatic hydroxyl groups excluding tert-OH is 1. The van der Waals surface area contributed by atoms with Gasteiger partial charge in [-0.15, -0.1) is 0 Å². The van der Waals surface area contributed by atoms with Crippen LogP contribution in [-0.2, 0) is 17.9 Å². The first-order valence-electron chi connectivity index (χ1n) is 10.2. The van der Waals surface area contributed by atoms with Crippen molar-refractivity contribution >= 4 is 27.5 Å². The van der Waals surface area contributed by atoms with E-state index in [1.165, 1.54) is 24.2 Å². The van der Waals surface area contributed by atoms with E-state index >= 15 is 0 Å². The Morgan fingerprint density at radius 3 is 2.56 bits per heavy atom. The van der Waals surface area contributed by atoms with E-state index in [0.29, 0.717) is 13.0 Å². The third kappa shape index (κ3) is 7.68. The first-order valence-corrected chi connectivity index (χ1v) is 12.6. The lowest BCUT2D eigenvalue weighted by Crippen LogP contribution is -2.35. The Bertz CT molecular complexity index is 568. The van der Waals surface area contributed by atoms with Gasteiger partial charge in [-0.05, 0) is 43.2 Å². The second-order valence-corrected chi connectivity index (χ2v) is 10.5. The molecule has 27 heavy (non-hydrogen) atoms. The summed E-state index contributed by atoms with van der Waals surface area (Å²) in [6.07, 6.45) is 7.02. The molecule has 2 N–H and O–H groups in total. The minimum absolute atomic E-state index is 0.118. The van der Waals surface area contributed by atoms with E-state index in [0.717, 1.165) is 56.1 Å². The lowest BCUT2D eigenvalue weighted by Gasteiger charge is -2.29. The predicted molar refractivity (Wildman–Crippen MR) is 116 cm³/mol. The molecule has 1 atom stereocenters. The van der Waals surface area contributed by atoms with Gasteiger partial charge in [-0.3, -0.25) is 9.69 Å². The molecule has 0 radical (unpaired) electrons. The molecular formula is C21H32N2O2S2. The van der Waals surface area contributed by atoms with Gasteiger partial charge in [-0.1, -0.05) is 52.3 Å². The molecule has 3 rings (SSSR count). The molecule has 1 aromatic rings. The van der Waals surface area contributed by atoms with E-state index in [1.807, 2.05) is 21.6 Å². The van der Waals surface area contributed by atoms with Gasteiger partial charge in [0.25, 0.3) is 0 Å². The van der Waals surface area contributed by atoms with Crippen LogP contribution in [0, 0.1) is 0 Å². The van der Waals surface area contributed by atoms with E-state index in [9.17, 15) is 9.90 Å². The lowest BCUT2D eigenvalue weighted by atomic mass is 10.1. The number of amides is 1. The molecule has 150 valence electrons. The molecular weight excluding hydrogens is 376 g/mol. The number of nitrogens with one attached hydrogen (secondary N) is 1. The zero-order valence-corrected chi connectivity index (χ0v) is 17.7. The zero-order chi connectivity index (χ0) is 18.9. The number of benzene rings is 1. The molecule has 0 aromatic heterocycles. The van der Waals surface area contributed by atoms with Crippen LogP contribution in [0.4, 0.5) is 0 Å². The summed E-state index contributed by atoms with van der Waals surface area (Å²) in [5, 5.41) is 13.4. The third-order valence-corrected chi connectivity index (χ3v) is 8.39. The van der Waals surface area contributed by atoms with Crippen molar-refractivity contribution < 1.29 is 9.90 Å². The maximum atomic E-state index is 12.0. The number of piperidine rings is 1. The number of carbonyl (C=O) groups is 1. The molecule has 4 nitrogen and oxygen atoms in total. The molecule has 1 unspecified atom stereocenters. The van der Waals surface area contributed by atoms with Crippen molar-refractivity contribution in [2.75, 3.05) is 18.8 Å². The van der Waals surface area contributed by atoms with Gasteiger partial charge in [0.05, 0.1) is 6.10 Å².